The summed E-state index contributed by atoms with van der Waals surface area (Å²) in [6.07, 6.45) is -1.63. The summed E-state index contributed by atoms with van der Waals surface area (Å²) in [5, 5.41) is 18.0. The minimum absolute atomic E-state index is 0.128. The normalized spacial score (nSPS) is 14.1. The summed E-state index contributed by atoms with van der Waals surface area (Å²) in [5.74, 6) is -1.48. The van der Waals surface area contributed by atoms with Crippen molar-refractivity contribution in [1.29, 1.82) is 0 Å². The zero-order valence-corrected chi connectivity index (χ0v) is 11.4. The number of ketones is 1. The third-order valence-electron chi connectivity index (χ3n) is 2.20. The van der Waals surface area contributed by atoms with Gasteiger partial charge in [-0.05, 0) is 13.0 Å². The number of benzene rings is 1. The Hall–Kier alpha value is -0.850. The lowest BCUT2D eigenvalue weighted by molar-refractivity contribution is -0.147. The number of aliphatic hydroxyl groups excluding tert-OH is 1. The molecule has 0 aliphatic rings. The molecule has 0 aromatic heterocycles. The SMILES string of the molecule is CC(Br)C(=O)c1ccc(C(O)C(=O)O)c(S)c1. The highest BCUT2D eigenvalue weighted by molar-refractivity contribution is 9.10. The number of aliphatic hydroxyl groups is 1. The van der Waals surface area contributed by atoms with Crippen LogP contribution in [0.1, 0.15) is 28.9 Å². The smallest absolute Gasteiger partial charge is 0.337 e. The molecule has 4 nitrogen and oxygen atoms in total. The molecule has 0 aliphatic carbocycles. The van der Waals surface area contributed by atoms with Gasteiger partial charge in [-0.1, -0.05) is 28.1 Å². The highest BCUT2D eigenvalue weighted by atomic mass is 79.9. The fourth-order valence-corrected chi connectivity index (χ4v) is 1.89. The first-order valence-electron chi connectivity index (χ1n) is 4.76. The Morgan fingerprint density at radius 3 is 2.41 bits per heavy atom. The van der Waals surface area contributed by atoms with Crippen molar-refractivity contribution < 1.29 is 19.8 Å². The average Bonchev–Trinajstić information content (AvgIpc) is 2.26. The van der Waals surface area contributed by atoms with E-state index >= 15 is 0 Å². The number of rotatable bonds is 4. The van der Waals surface area contributed by atoms with Gasteiger partial charge in [-0.15, -0.1) is 12.6 Å². The van der Waals surface area contributed by atoms with E-state index < -0.39 is 12.1 Å². The molecule has 6 heteroatoms. The lowest BCUT2D eigenvalue weighted by Crippen LogP contribution is -2.13. The zero-order valence-electron chi connectivity index (χ0n) is 8.92. The van der Waals surface area contributed by atoms with Crippen molar-refractivity contribution in [2.24, 2.45) is 0 Å². The number of carbonyl (C=O) groups excluding carboxylic acids is 1. The fourth-order valence-electron chi connectivity index (χ4n) is 1.29. The van der Waals surface area contributed by atoms with Crippen molar-refractivity contribution in [3.8, 4) is 0 Å². The van der Waals surface area contributed by atoms with Gasteiger partial charge in [-0.25, -0.2) is 4.79 Å². The van der Waals surface area contributed by atoms with E-state index in [2.05, 4.69) is 28.6 Å². The standard InChI is InChI=1S/C11H11BrO4S/c1-5(12)9(13)6-2-3-7(8(17)4-6)10(14)11(15)16/h2-5,10,14,17H,1H3,(H,15,16). The largest absolute Gasteiger partial charge is 0.479 e. The molecule has 0 aliphatic heterocycles. The first-order chi connectivity index (χ1) is 7.84. The molecular weight excluding hydrogens is 308 g/mol. The summed E-state index contributed by atoms with van der Waals surface area (Å²) in [5.41, 5.74) is 0.584. The van der Waals surface area contributed by atoms with Crippen LogP contribution in [0.4, 0.5) is 0 Å². The van der Waals surface area contributed by atoms with E-state index in [0.717, 1.165) is 0 Å². The first-order valence-corrected chi connectivity index (χ1v) is 6.13. The average molecular weight is 319 g/mol. The van der Waals surface area contributed by atoms with Crippen LogP contribution in [0, 0.1) is 0 Å². The fraction of sp³-hybridized carbons (Fsp3) is 0.273. The number of carbonyl (C=O) groups is 2. The summed E-state index contributed by atoms with van der Waals surface area (Å²) in [6, 6.07) is 4.32. The number of hydrogen-bond acceptors (Lipinski definition) is 4. The van der Waals surface area contributed by atoms with E-state index in [0.29, 0.717) is 5.56 Å². The minimum Gasteiger partial charge on any atom is -0.479 e. The Balaban J connectivity index is 3.10. The molecule has 0 heterocycles. The molecule has 0 fully saturated rings. The second-order valence-corrected chi connectivity index (χ2v) is 5.35. The maximum Gasteiger partial charge on any atom is 0.337 e. The first kappa shape index (κ1) is 14.2. The Bertz CT molecular complexity index is 459. The van der Waals surface area contributed by atoms with Gasteiger partial charge in [0, 0.05) is 16.0 Å². The van der Waals surface area contributed by atoms with Crippen molar-refractivity contribution in [1.82, 2.24) is 0 Å². The van der Waals surface area contributed by atoms with Crippen LogP contribution in [0.5, 0.6) is 0 Å². The summed E-state index contributed by atoms with van der Waals surface area (Å²) in [4.78, 5) is 22.2. The second-order valence-electron chi connectivity index (χ2n) is 3.49. The van der Waals surface area contributed by atoms with Gasteiger partial charge in [0.1, 0.15) is 0 Å². The third-order valence-corrected chi connectivity index (χ3v) is 3.01. The van der Waals surface area contributed by atoms with Crippen molar-refractivity contribution in [3.63, 3.8) is 0 Å². The second kappa shape index (κ2) is 5.66. The number of carboxylic acid groups (broad SMARTS) is 1. The van der Waals surface area contributed by atoms with Gasteiger partial charge >= 0.3 is 5.97 Å². The van der Waals surface area contributed by atoms with E-state index in [1.807, 2.05) is 0 Å². The van der Waals surface area contributed by atoms with Crippen molar-refractivity contribution in [2.45, 2.75) is 22.8 Å². The topological polar surface area (TPSA) is 74.6 Å². The van der Waals surface area contributed by atoms with Crippen LogP contribution >= 0.6 is 28.6 Å². The molecule has 2 atom stereocenters. The van der Waals surface area contributed by atoms with Crippen molar-refractivity contribution in [3.05, 3.63) is 29.3 Å². The number of thiol groups is 1. The molecule has 1 aromatic rings. The molecule has 0 saturated carbocycles. The van der Waals surface area contributed by atoms with Crippen molar-refractivity contribution >= 4 is 40.3 Å². The molecule has 0 spiro atoms. The molecule has 2 N–H and O–H groups in total. The van der Waals surface area contributed by atoms with Crippen LogP contribution < -0.4 is 0 Å². The maximum atomic E-state index is 11.7. The molecular formula is C11H11BrO4S. The number of hydrogen-bond donors (Lipinski definition) is 3. The maximum absolute atomic E-state index is 11.7. The lowest BCUT2D eigenvalue weighted by atomic mass is 10.0. The Morgan fingerprint density at radius 1 is 1.41 bits per heavy atom. The van der Waals surface area contributed by atoms with Gasteiger partial charge in [-0.3, -0.25) is 4.79 Å². The van der Waals surface area contributed by atoms with E-state index in [4.69, 9.17) is 5.11 Å². The molecule has 1 aromatic carbocycles. The van der Waals surface area contributed by atoms with E-state index in [-0.39, 0.29) is 21.1 Å². The molecule has 0 saturated heterocycles. The summed E-state index contributed by atoms with van der Waals surface area (Å²) >= 11 is 7.23. The lowest BCUT2D eigenvalue weighted by Gasteiger charge is -2.10. The Labute approximate surface area is 112 Å². The molecule has 1 rings (SSSR count). The quantitative estimate of drug-likeness (QED) is 0.451. The van der Waals surface area contributed by atoms with Gasteiger partial charge < -0.3 is 10.2 Å². The van der Waals surface area contributed by atoms with Crippen molar-refractivity contribution in [2.75, 3.05) is 0 Å². The third kappa shape index (κ3) is 3.31. The number of halogens is 1. The monoisotopic (exact) mass is 318 g/mol. The predicted octanol–water partition coefficient (Wildman–Crippen LogP) is 2.06. The minimum atomic E-state index is -1.63. The number of aliphatic carboxylic acids is 1. The summed E-state index contributed by atoms with van der Waals surface area (Å²) < 4.78 is 0. The van der Waals surface area contributed by atoms with Gasteiger partial charge in [0.25, 0.3) is 0 Å². The van der Waals surface area contributed by atoms with Gasteiger partial charge in [0.15, 0.2) is 11.9 Å². The highest BCUT2D eigenvalue weighted by Crippen LogP contribution is 2.24. The number of Topliss-reactive ketones (excluding diaryl/α,β-unsaturated/α-hetero) is 1. The van der Waals surface area contributed by atoms with Gasteiger partial charge in [-0.2, -0.15) is 0 Å². The van der Waals surface area contributed by atoms with Crippen LogP contribution in [-0.4, -0.2) is 26.8 Å². The van der Waals surface area contributed by atoms with Gasteiger partial charge in [0.2, 0.25) is 0 Å². The van der Waals surface area contributed by atoms with Crippen LogP contribution in [0.25, 0.3) is 0 Å². The Morgan fingerprint density at radius 2 is 2.00 bits per heavy atom. The zero-order chi connectivity index (χ0) is 13.2. The highest BCUT2D eigenvalue weighted by Gasteiger charge is 2.20. The summed E-state index contributed by atoms with van der Waals surface area (Å²) in [7, 11) is 0. The molecule has 0 amide bonds. The predicted molar refractivity (Wildman–Crippen MR) is 69.0 cm³/mol. The van der Waals surface area contributed by atoms with Crippen LogP contribution in [-0.2, 0) is 4.79 Å². The molecule has 0 bridgehead atoms. The van der Waals surface area contributed by atoms with E-state index in [1.165, 1.54) is 18.2 Å². The number of carboxylic acids is 1. The number of alkyl halides is 1. The molecule has 17 heavy (non-hydrogen) atoms. The summed E-state index contributed by atoms with van der Waals surface area (Å²) in [6.45, 7) is 1.69. The molecule has 2 unspecified atom stereocenters. The Kier molecular flexibility index (Phi) is 4.73. The van der Waals surface area contributed by atoms with Crippen LogP contribution in [0.3, 0.4) is 0 Å². The van der Waals surface area contributed by atoms with E-state index in [1.54, 1.807) is 6.92 Å². The van der Waals surface area contributed by atoms with Gasteiger partial charge in [0.05, 0.1) is 4.83 Å². The van der Waals surface area contributed by atoms with Crippen LogP contribution in [0.15, 0.2) is 23.1 Å². The molecule has 92 valence electrons. The van der Waals surface area contributed by atoms with Crippen LogP contribution in [0.2, 0.25) is 0 Å². The molecule has 0 radical (unpaired) electrons. The van der Waals surface area contributed by atoms with E-state index in [9.17, 15) is 14.7 Å².